The number of nitrogens with one attached hydrogen (secondary N) is 2. The van der Waals surface area contributed by atoms with Crippen molar-refractivity contribution < 1.29 is 33.0 Å². The minimum Gasteiger partial charge on any atom is -0.472 e. The molecule has 9 nitrogen and oxygen atoms in total. The second kappa shape index (κ2) is 9.90. The Hall–Kier alpha value is -4.44. The monoisotopic (exact) mass is 507 g/mol. The Bertz CT molecular complexity index is 1500. The van der Waals surface area contributed by atoms with E-state index in [1.54, 1.807) is 39.1 Å². The van der Waals surface area contributed by atoms with Crippen molar-refractivity contribution in [3.05, 3.63) is 77.8 Å². The number of halogens is 1. The number of pyridine rings is 1. The van der Waals surface area contributed by atoms with E-state index >= 15 is 4.39 Å². The maximum Gasteiger partial charge on any atom is 0.412 e. The lowest BCUT2D eigenvalue weighted by Crippen LogP contribution is -2.27. The quantitative estimate of drug-likeness (QED) is 0.291. The van der Waals surface area contributed by atoms with Crippen LogP contribution >= 0.6 is 0 Å². The second-order valence-electron chi connectivity index (χ2n) is 9.43. The highest BCUT2D eigenvalue weighted by Gasteiger charge is 2.22. The number of ketones is 1. The molecule has 0 atom stereocenters. The molecule has 0 aliphatic carbocycles. The van der Waals surface area contributed by atoms with Gasteiger partial charge in [-0.05, 0) is 62.7 Å². The molecule has 2 amide bonds. The van der Waals surface area contributed by atoms with Crippen molar-refractivity contribution in [2.45, 2.75) is 39.9 Å². The summed E-state index contributed by atoms with van der Waals surface area (Å²) in [6, 6.07) is 8.83. The SMILES string of the molecule is CC(=O)c1cc(C(=O)Nc2cc(CO)cc(-c3ccoc3)c2F)c2cc(NC(=O)OC(C)(C)C)ccn12. The van der Waals surface area contributed by atoms with Crippen LogP contribution < -0.4 is 10.6 Å². The average Bonchev–Trinajstić information content (AvgIpc) is 3.47. The van der Waals surface area contributed by atoms with Crippen LogP contribution in [0, 0.1) is 5.82 Å². The minimum atomic E-state index is -0.713. The Labute approximate surface area is 211 Å². The van der Waals surface area contributed by atoms with Crippen LogP contribution in [-0.4, -0.2) is 32.9 Å². The van der Waals surface area contributed by atoms with Crippen molar-refractivity contribution in [3.8, 4) is 11.1 Å². The summed E-state index contributed by atoms with van der Waals surface area (Å²) in [4.78, 5) is 37.8. The van der Waals surface area contributed by atoms with Crippen LogP contribution in [0.15, 0.2) is 59.5 Å². The molecular formula is C27H26FN3O6. The predicted molar refractivity (Wildman–Crippen MR) is 135 cm³/mol. The van der Waals surface area contributed by atoms with E-state index in [9.17, 15) is 19.5 Å². The fourth-order valence-corrected chi connectivity index (χ4v) is 3.83. The Balaban J connectivity index is 1.73. The van der Waals surface area contributed by atoms with Gasteiger partial charge in [0.25, 0.3) is 5.91 Å². The number of carbonyl (C=O) groups excluding carboxylic acids is 3. The van der Waals surface area contributed by atoms with Gasteiger partial charge >= 0.3 is 6.09 Å². The minimum absolute atomic E-state index is 0.0803. The Morgan fingerprint density at radius 1 is 1.11 bits per heavy atom. The van der Waals surface area contributed by atoms with Gasteiger partial charge in [-0.1, -0.05) is 0 Å². The first-order valence-electron chi connectivity index (χ1n) is 11.4. The molecule has 3 N–H and O–H groups in total. The Morgan fingerprint density at radius 3 is 2.49 bits per heavy atom. The molecule has 0 spiro atoms. The average molecular weight is 508 g/mol. The normalized spacial score (nSPS) is 11.4. The van der Waals surface area contributed by atoms with Crippen LogP contribution in [-0.2, 0) is 11.3 Å². The van der Waals surface area contributed by atoms with Gasteiger partial charge in [-0.25, -0.2) is 9.18 Å². The summed E-state index contributed by atoms with van der Waals surface area (Å²) in [5.74, 6) is -1.70. The van der Waals surface area contributed by atoms with Gasteiger partial charge in [-0.15, -0.1) is 0 Å². The van der Waals surface area contributed by atoms with Gasteiger partial charge in [0.2, 0.25) is 0 Å². The number of carbonyl (C=O) groups is 3. The fraction of sp³-hybridized carbons (Fsp3) is 0.222. The van der Waals surface area contributed by atoms with E-state index in [-0.39, 0.29) is 34.9 Å². The molecule has 0 saturated heterocycles. The third kappa shape index (κ3) is 5.54. The van der Waals surface area contributed by atoms with Gasteiger partial charge in [0.05, 0.1) is 41.6 Å². The van der Waals surface area contributed by atoms with Gasteiger partial charge in [0.15, 0.2) is 11.6 Å². The van der Waals surface area contributed by atoms with Gasteiger partial charge < -0.3 is 24.0 Å². The molecule has 0 aliphatic rings. The lowest BCUT2D eigenvalue weighted by molar-refractivity contribution is 0.0635. The van der Waals surface area contributed by atoms with E-state index in [4.69, 9.17) is 9.15 Å². The summed E-state index contributed by atoms with van der Waals surface area (Å²) < 4.78 is 27.2. The molecule has 0 fully saturated rings. The summed E-state index contributed by atoms with van der Waals surface area (Å²) in [5, 5.41) is 14.8. The number of fused-ring (bicyclic) bond motifs is 1. The molecule has 1 aromatic carbocycles. The topological polar surface area (TPSA) is 122 Å². The van der Waals surface area contributed by atoms with Gasteiger partial charge in [0, 0.05) is 29.9 Å². The molecule has 3 aromatic heterocycles. The standard InChI is InChI=1S/C27H26FN3O6/c1-15(33)22-12-20(23-11-18(5-7-31(22)23)29-26(35)37-27(2,3)4)25(34)30-21-10-16(13-32)9-19(24(21)28)17-6-8-36-14-17/h5-12,14,32H,13H2,1-4H3,(H,29,35)(H,30,34). The molecule has 0 radical (unpaired) electrons. The molecule has 0 saturated carbocycles. The molecule has 10 heteroatoms. The molecule has 3 heterocycles. The maximum absolute atomic E-state index is 15.4. The number of hydrogen-bond donors (Lipinski definition) is 3. The number of rotatable bonds is 6. The van der Waals surface area contributed by atoms with Crippen molar-refractivity contribution in [1.29, 1.82) is 0 Å². The van der Waals surface area contributed by atoms with Crippen LogP contribution in [0.2, 0.25) is 0 Å². The van der Waals surface area contributed by atoms with Crippen molar-refractivity contribution >= 4 is 34.7 Å². The van der Waals surface area contributed by atoms with Crippen LogP contribution in [0.3, 0.4) is 0 Å². The van der Waals surface area contributed by atoms with Crippen molar-refractivity contribution in [3.63, 3.8) is 0 Å². The highest BCUT2D eigenvalue weighted by atomic mass is 19.1. The number of aromatic nitrogens is 1. The molecule has 0 bridgehead atoms. The summed E-state index contributed by atoms with van der Waals surface area (Å²) in [7, 11) is 0. The van der Waals surface area contributed by atoms with Crippen LogP contribution in [0.5, 0.6) is 0 Å². The number of Topliss-reactive ketones (excluding diaryl/α,β-unsaturated/α-hetero) is 1. The van der Waals surface area contributed by atoms with Gasteiger partial charge in [-0.2, -0.15) is 0 Å². The summed E-state index contributed by atoms with van der Waals surface area (Å²) in [6.07, 6.45) is 3.60. The van der Waals surface area contributed by atoms with E-state index in [2.05, 4.69) is 10.6 Å². The van der Waals surface area contributed by atoms with Crippen LogP contribution in [0.25, 0.3) is 16.6 Å². The highest BCUT2D eigenvalue weighted by Crippen LogP contribution is 2.31. The lowest BCUT2D eigenvalue weighted by atomic mass is 10.0. The first-order chi connectivity index (χ1) is 17.5. The number of aliphatic hydroxyl groups excluding tert-OH is 1. The Morgan fingerprint density at radius 2 is 1.86 bits per heavy atom. The number of hydrogen-bond acceptors (Lipinski definition) is 6. The van der Waals surface area contributed by atoms with E-state index in [0.717, 1.165) is 0 Å². The third-order valence-electron chi connectivity index (χ3n) is 5.42. The molecule has 192 valence electrons. The van der Waals surface area contributed by atoms with Crippen LogP contribution in [0.1, 0.15) is 54.1 Å². The largest absolute Gasteiger partial charge is 0.472 e. The first-order valence-corrected chi connectivity index (χ1v) is 11.4. The number of anilines is 2. The van der Waals surface area contributed by atoms with Gasteiger partial charge in [0.1, 0.15) is 5.60 Å². The van der Waals surface area contributed by atoms with Gasteiger partial charge in [-0.3, -0.25) is 14.9 Å². The molecule has 0 unspecified atom stereocenters. The van der Waals surface area contributed by atoms with Crippen molar-refractivity contribution in [2.75, 3.05) is 10.6 Å². The summed E-state index contributed by atoms with van der Waals surface area (Å²) >= 11 is 0. The number of benzene rings is 1. The van der Waals surface area contributed by atoms with E-state index in [0.29, 0.717) is 22.3 Å². The zero-order valence-electron chi connectivity index (χ0n) is 20.7. The number of amides is 2. The zero-order chi connectivity index (χ0) is 26.9. The number of ether oxygens (including phenoxy) is 1. The number of nitrogens with zero attached hydrogens (tertiary/aromatic N) is 1. The number of aliphatic hydroxyl groups is 1. The highest BCUT2D eigenvalue weighted by molar-refractivity contribution is 6.12. The Kier molecular flexibility index (Phi) is 6.86. The molecule has 4 aromatic rings. The lowest BCUT2D eigenvalue weighted by Gasteiger charge is -2.19. The molecule has 4 rings (SSSR count). The third-order valence-corrected chi connectivity index (χ3v) is 5.42. The number of furan rings is 1. The molecular weight excluding hydrogens is 481 g/mol. The second-order valence-corrected chi connectivity index (χ2v) is 9.43. The zero-order valence-corrected chi connectivity index (χ0v) is 20.7. The first kappa shape index (κ1) is 25.6. The summed E-state index contributed by atoms with van der Waals surface area (Å²) in [6.45, 7) is 6.17. The van der Waals surface area contributed by atoms with Crippen LogP contribution in [0.4, 0.5) is 20.6 Å². The van der Waals surface area contributed by atoms with Crippen molar-refractivity contribution in [1.82, 2.24) is 4.40 Å². The summed E-state index contributed by atoms with van der Waals surface area (Å²) in [5.41, 5.74) is 1.05. The predicted octanol–water partition coefficient (Wildman–Crippen LogP) is 5.63. The molecule has 0 aliphatic heterocycles. The van der Waals surface area contributed by atoms with E-state index in [1.807, 2.05) is 0 Å². The van der Waals surface area contributed by atoms with E-state index < -0.39 is 23.4 Å². The molecule has 37 heavy (non-hydrogen) atoms. The van der Waals surface area contributed by atoms with E-state index in [1.165, 1.54) is 48.1 Å². The smallest absolute Gasteiger partial charge is 0.412 e. The maximum atomic E-state index is 15.4. The van der Waals surface area contributed by atoms with Crippen molar-refractivity contribution in [2.24, 2.45) is 0 Å². The fourth-order valence-electron chi connectivity index (χ4n) is 3.83.